The standard InChI is InChI=1S/C14H17ClN4O/c1-14(2,3)10-6-9(7-11(15)19-10)13(20)18-8-12-16-4-5-17-12/h4-7H,8H2,1-3H3,(H,16,17)(H,18,20). The van der Waals surface area contributed by atoms with Crippen molar-refractivity contribution in [3.8, 4) is 0 Å². The number of nitrogens with one attached hydrogen (secondary N) is 2. The van der Waals surface area contributed by atoms with Gasteiger partial charge in [-0.2, -0.15) is 0 Å². The molecule has 5 nitrogen and oxygen atoms in total. The predicted molar refractivity (Wildman–Crippen MR) is 77.7 cm³/mol. The van der Waals surface area contributed by atoms with Crippen molar-refractivity contribution in [3.05, 3.63) is 46.8 Å². The molecule has 0 aliphatic heterocycles. The molecule has 0 unspecified atom stereocenters. The fraction of sp³-hybridized carbons (Fsp3) is 0.357. The van der Waals surface area contributed by atoms with E-state index >= 15 is 0 Å². The summed E-state index contributed by atoms with van der Waals surface area (Å²) in [6, 6.07) is 3.33. The molecule has 1 amide bonds. The first kappa shape index (κ1) is 14.5. The first-order valence-electron chi connectivity index (χ1n) is 6.31. The Hall–Kier alpha value is -1.88. The minimum Gasteiger partial charge on any atom is -0.347 e. The minimum atomic E-state index is -0.198. The Morgan fingerprint density at radius 1 is 1.40 bits per heavy atom. The summed E-state index contributed by atoms with van der Waals surface area (Å²) < 4.78 is 0. The number of imidazole rings is 1. The van der Waals surface area contributed by atoms with Crippen LogP contribution in [-0.2, 0) is 12.0 Å². The molecule has 0 saturated carbocycles. The Morgan fingerprint density at radius 3 is 2.75 bits per heavy atom. The summed E-state index contributed by atoms with van der Waals surface area (Å²) in [7, 11) is 0. The molecule has 6 heteroatoms. The lowest BCUT2D eigenvalue weighted by Gasteiger charge is -2.18. The van der Waals surface area contributed by atoms with Crippen molar-refractivity contribution >= 4 is 17.5 Å². The molecule has 2 N–H and O–H groups in total. The van der Waals surface area contributed by atoms with Crippen LogP contribution in [-0.4, -0.2) is 20.9 Å². The second-order valence-electron chi connectivity index (χ2n) is 5.53. The van der Waals surface area contributed by atoms with E-state index in [9.17, 15) is 4.79 Å². The van der Waals surface area contributed by atoms with E-state index in [1.807, 2.05) is 20.8 Å². The lowest BCUT2D eigenvalue weighted by atomic mass is 9.91. The molecule has 106 valence electrons. The van der Waals surface area contributed by atoms with Crippen molar-refractivity contribution < 1.29 is 4.79 Å². The van der Waals surface area contributed by atoms with Crippen LogP contribution in [0.25, 0.3) is 0 Å². The van der Waals surface area contributed by atoms with Gasteiger partial charge in [0.05, 0.1) is 6.54 Å². The molecule has 20 heavy (non-hydrogen) atoms. The first-order valence-corrected chi connectivity index (χ1v) is 6.68. The summed E-state index contributed by atoms with van der Waals surface area (Å²) in [6.45, 7) is 6.42. The molecule has 0 atom stereocenters. The largest absolute Gasteiger partial charge is 0.347 e. The number of halogens is 1. The monoisotopic (exact) mass is 292 g/mol. The van der Waals surface area contributed by atoms with Gasteiger partial charge in [0, 0.05) is 29.1 Å². The summed E-state index contributed by atoms with van der Waals surface area (Å²) in [5.41, 5.74) is 1.12. The normalized spacial score (nSPS) is 11.4. The maximum atomic E-state index is 12.1. The van der Waals surface area contributed by atoms with Crippen LogP contribution in [0.3, 0.4) is 0 Å². The zero-order chi connectivity index (χ0) is 14.8. The van der Waals surface area contributed by atoms with Gasteiger partial charge in [-0.05, 0) is 12.1 Å². The molecular weight excluding hydrogens is 276 g/mol. The maximum absolute atomic E-state index is 12.1. The highest BCUT2D eigenvalue weighted by atomic mass is 35.5. The maximum Gasteiger partial charge on any atom is 0.251 e. The van der Waals surface area contributed by atoms with Crippen molar-refractivity contribution in [2.24, 2.45) is 0 Å². The van der Waals surface area contributed by atoms with E-state index < -0.39 is 0 Å². The fourth-order valence-corrected chi connectivity index (χ4v) is 1.88. The summed E-state index contributed by atoms with van der Waals surface area (Å²) in [5, 5.41) is 3.11. The molecule has 2 heterocycles. The van der Waals surface area contributed by atoms with Gasteiger partial charge in [-0.15, -0.1) is 0 Å². The smallest absolute Gasteiger partial charge is 0.251 e. The Bertz CT molecular complexity index is 602. The van der Waals surface area contributed by atoms with E-state index in [4.69, 9.17) is 11.6 Å². The number of amides is 1. The van der Waals surface area contributed by atoms with Crippen LogP contribution in [0.15, 0.2) is 24.5 Å². The van der Waals surface area contributed by atoms with Gasteiger partial charge in [-0.1, -0.05) is 32.4 Å². The second-order valence-corrected chi connectivity index (χ2v) is 5.92. The summed E-state index contributed by atoms with van der Waals surface area (Å²) in [5.74, 6) is 0.505. The van der Waals surface area contributed by atoms with Crippen molar-refractivity contribution in [2.75, 3.05) is 0 Å². The van der Waals surface area contributed by atoms with Crippen LogP contribution in [0.1, 0.15) is 42.6 Å². The SMILES string of the molecule is CC(C)(C)c1cc(C(=O)NCc2ncc[nH]2)cc(Cl)n1. The van der Waals surface area contributed by atoms with Gasteiger partial charge in [-0.25, -0.2) is 9.97 Å². The summed E-state index contributed by atoms with van der Waals surface area (Å²) >= 11 is 5.99. The molecule has 2 rings (SSSR count). The van der Waals surface area contributed by atoms with Gasteiger partial charge in [0.2, 0.25) is 0 Å². The molecule has 0 aromatic carbocycles. The van der Waals surface area contributed by atoms with Crippen LogP contribution in [0.2, 0.25) is 5.15 Å². The van der Waals surface area contributed by atoms with Gasteiger partial charge in [0.1, 0.15) is 11.0 Å². The van der Waals surface area contributed by atoms with E-state index in [1.54, 1.807) is 24.5 Å². The number of nitrogens with zero attached hydrogens (tertiary/aromatic N) is 2. The van der Waals surface area contributed by atoms with Crippen molar-refractivity contribution in [2.45, 2.75) is 32.7 Å². The number of carbonyl (C=O) groups is 1. The molecule has 2 aromatic rings. The van der Waals surface area contributed by atoms with Gasteiger partial charge in [0.15, 0.2) is 0 Å². The van der Waals surface area contributed by atoms with Crippen LogP contribution in [0.5, 0.6) is 0 Å². The Balaban J connectivity index is 2.15. The molecular formula is C14H17ClN4O. The van der Waals surface area contributed by atoms with Crippen molar-refractivity contribution in [1.29, 1.82) is 0 Å². The second kappa shape index (κ2) is 5.63. The zero-order valence-electron chi connectivity index (χ0n) is 11.7. The first-order chi connectivity index (χ1) is 9.36. The number of aromatic nitrogens is 3. The third-order valence-electron chi connectivity index (χ3n) is 2.80. The average Bonchev–Trinajstić information content (AvgIpc) is 2.87. The molecule has 0 fully saturated rings. The number of carbonyl (C=O) groups excluding carboxylic acids is 1. The number of rotatable bonds is 3. The highest BCUT2D eigenvalue weighted by Crippen LogP contribution is 2.23. The van der Waals surface area contributed by atoms with Crippen LogP contribution in [0, 0.1) is 0 Å². The predicted octanol–water partition coefficient (Wildman–Crippen LogP) is 2.69. The average molecular weight is 293 g/mol. The van der Waals surface area contributed by atoms with E-state index in [2.05, 4.69) is 20.3 Å². The Morgan fingerprint density at radius 2 is 2.15 bits per heavy atom. The van der Waals surface area contributed by atoms with Gasteiger partial charge < -0.3 is 10.3 Å². The number of aromatic amines is 1. The molecule has 0 aliphatic rings. The molecule has 0 aliphatic carbocycles. The number of hydrogen-bond donors (Lipinski definition) is 2. The number of H-pyrrole nitrogens is 1. The number of pyridine rings is 1. The van der Waals surface area contributed by atoms with Crippen molar-refractivity contribution in [3.63, 3.8) is 0 Å². The lowest BCUT2D eigenvalue weighted by molar-refractivity contribution is 0.0949. The Labute approximate surface area is 122 Å². The Kier molecular flexibility index (Phi) is 4.09. The third-order valence-corrected chi connectivity index (χ3v) is 2.99. The summed E-state index contributed by atoms with van der Waals surface area (Å²) in [4.78, 5) is 23.4. The van der Waals surface area contributed by atoms with Gasteiger partial charge in [0.25, 0.3) is 5.91 Å². The van der Waals surface area contributed by atoms with Gasteiger partial charge in [-0.3, -0.25) is 4.79 Å². The van der Waals surface area contributed by atoms with E-state index in [1.165, 1.54) is 0 Å². The van der Waals surface area contributed by atoms with E-state index in [-0.39, 0.29) is 11.3 Å². The molecule has 2 aromatic heterocycles. The molecule has 0 saturated heterocycles. The molecule has 0 bridgehead atoms. The lowest BCUT2D eigenvalue weighted by Crippen LogP contribution is -2.24. The number of hydrogen-bond acceptors (Lipinski definition) is 3. The third kappa shape index (κ3) is 3.57. The van der Waals surface area contributed by atoms with Crippen LogP contribution < -0.4 is 5.32 Å². The molecule has 0 radical (unpaired) electrons. The summed E-state index contributed by atoms with van der Waals surface area (Å²) in [6.07, 6.45) is 3.35. The van der Waals surface area contributed by atoms with E-state index in [0.717, 1.165) is 5.69 Å². The van der Waals surface area contributed by atoms with Crippen LogP contribution in [0.4, 0.5) is 0 Å². The fourth-order valence-electron chi connectivity index (χ4n) is 1.67. The van der Waals surface area contributed by atoms with Gasteiger partial charge >= 0.3 is 0 Å². The topological polar surface area (TPSA) is 70.7 Å². The molecule has 0 spiro atoms. The quantitative estimate of drug-likeness (QED) is 0.855. The van der Waals surface area contributed by atoms with Crippen molar-refractivity contribution in [1.82, 2.24) is 20.3 Å². The highest BCUT2D eigenvalue weighted by Gasteiger charge is 2.18. The minimum absolute atomic E-state index is 0.166. The van der Waals surface area contributed by atoms with Crippen LogP contribution >= 0.6 is 11.6 Å². The van der Waals surface area contributed by atoms with E-state index in [0.29, 0.717) is 23.1 Å². The zero-order valence-corrected chi connectivity index (χ0v) is 12.5. The highest BCUT2D eigenvalue weighted by molar-refractivity contribution is 6.29.